The first-order chi connectivity index (χ1) is 13.3. The van der Waals surface area contributed by atoms with Crippen LogP contribution in [0.1, 0.15) is 12.5 Å². The van der Waals surface area contributed by atoms with Gasteiger partial charge in [-0.05, 0) is 43.7 Å². The van der Waals surface area contributed by atoms with Gasteiger partial charge in [-0.25, -0.2) is 8.42 Å². The lowest BCUT2D eigenvalue weighted by Gasteiger charge is -2.35. The predicted molar refractivity (Wildman–Crippen MR) is 108 cm³/mol. The average molecular weight is 423 g/mol. The second kappa shape index (κ2) is 8.51. The Morgan fingerprint density at radius 1 is 1.07 bits per heavy atom. The van der Waals surface area contributed by atoms with E-state index in [0.717, 1.165) is 5.56 Å². The Bertz CT molecular complexity index is 942. The first-order valence-corrected chi connectivity index (χ1v) is 10.9. The van der Waals surface area contributed by atoms with Crippen molar-refractivity contribution in [2.45, 2.75) is 24.8 Å². The van der Waals surface area contributed by atoms with Crippen LogP contribution in [-0.2, 0) is 14.8 Å². The number of amides is 1. The molecule has 1 saturated heterocycles. The Balaban J connectivity index is 1.61. The van der Waals surface area contributed by atoms with E-state index in [1.54, 1.807) is 54.3 Å². The summed E-state index contributed by atoms with van der Waals surface area (Å²) in [5, 5.41) is 0.448. The van der Waals surface area contributed by atoms with Crippen molar-refractivity contribution >= 4 is 27.5 Å². The number of sulfonamides is 1. The number of nitrogens with zero attached hydrogens (tertiary/aromatic N) is 2. The van der Waals surface area contributed by atoms with E-state index < -0.39 is 16.1 Å². The van der Waals surface area contributed by atoms with E-state index in [4.69, 9.17) is 16.3 Å². The van der Waals surface area contributed by atoms with Gasteiger partial charge in [0.15, 0.2) is 6.10 Å². The lowest BCUT2D eigenvalue weighted by Crippen LogP contribution is -2.53. The molecule has 0 N–H and O–H groups in total. The second-order valence-electron chi connectivity index (χ2n) is 6.74. The molecular weight excluding hydrogens is 400 g/mol. The minimum atomic E-state index is -3.54. The van der Waals surface area contributed by atoms with Gasteiger partial charge in [0.25, 0.3) is 5.91 Å². The molecule has 8 heteroatoms. The smallest absolute Gasteiger partial charge is 0.263 e. The van der Waals surface area contributed by atoms with Crippen LogP contribution in [0.4, 0.5) is 0 Å². The third-order valence-electron chi connectivity index (χ3n) is 4.67. The van der Waals surface area contributed by atoms with E-state index in [9.17, 15) is 13.2 Å². The molecule has 2 aromatic carbocycles. The fraction of sp³-hybridized carbons (Fsp3) is 0.350. The van der Waals surface area contributed by atoms with Gasteiger partial charge in [0.1, 0.15) is 5.75 Å². The van der Waals surface area contributed by atoms with E-state index in [1.807, 2.05) is 13.0 Å². The first-order valence-electron chi connectivity index (χ1n) is 9.06. The highest BCUT2D eigenvalue weighted by molar-refractivity contribution is 7.89. The molecular formula is C20H23ClN2O4S. The topological polar surface area (TPSA) is 66.9 Å². The monoisotopic (exact) mass is 422 g/mol. The number of hydrogen-bond acceptors (Lipinski definition) is 4. The minimum Gasteiger partial charge on any atom is -0.479 e. The summed E-state index contributed by atoms with van der Waals surface area (Å²) in [6, 6.07) is 13.7. The zero-order chi connectivity index (χ0) is 20.3. The van der Waals surface area contributed by atoms with Crippen LogP contribution >= 0.6 is 11.6 Å². The number of carbonyl (C=O) groups excluding carboxylic acids is 1. The molecule has 1 amide bonds. The number of piperazine rings is 1. The van der Waals surface area contributed by atoms with Crippen molar-refractivity contribution in [3.05, 3.63) is 59.1 Å². The molecule has 0 aromatic heterocycles. The van der Waals surface area contributed by atoms with Crippen LogP contribution in [0.25, 0.3) is 0 Å². The van der Waals surface area contributed by atoms with Crippen LogP contribution < -0.4 is 4.74 Å². The van der Waals surface area contributed by atoms with Gasteiger partial charge < -0.3 is 9.64 Å². The normalized spacial score (nSPS) is 16.6. The van der Waals surface area contributed by atoms with Crippen molar-refractivity contribution in [1.29, 1.82) is 0 Å². The van der Waals surface area contributed by atoms with Gasteiger partial charge in [0.2, 0.25) is 10.0 Å². The second-order valence-corrected chi connectivity index (χ2v) is 9.08. The molecule has 2 aromatic rings. The molecule has 150 valence electrons. The van der Waals surface area contributed by atoms with E-state index in [1.165, 1.54) is 4.31 Å². The molecule has 3 rings (SSSR count). The fourth-order valence-corrected chi connectivity index (χ4v) is 4.69. The Labute approximate surface area is 170 Å². The summed E-state index contributed by atoms with van der Waals surface area (Å²) in [7, 11) is -3.54. The van der Waals surface area contributed by atoms with Crippen LogP contribution in [0, 0.1) is 6.92 Å². The average Bonchev–Trinajstić information content (AvgIpc) is 2.71. The van der Waals surface area contributed by atoms with Gasteiger partial charge in [0, 0.05) is 26.2 Å². The molecule has 0 bridgehead atoms. The maximum absolute atomic E-state index is 12.7. The number of benzene rings is 2. The molecule has 28 heavy (non-hydrogen) atoms. The van der Waals surface area contributed by atoms with E-state index in [2.05, 4.69) is 0 Å². The highest BCUT2D eigenvalue weighted by atomic mass is 35.5. The summed E-state index contributed by atoms with van der Waals surface area (Å²) < 4.78 is 32.5. The molecule has 1 unspecified atom stereocenters. The maximum Gasteiger partial charge on any atom is 0.263 e. The number of halogens is 1. The van der Waals surface area contributed by atoms with Crippen molar-refractivity contribution in [3.8, 4) is 5.75 Å². The van der Waals surface area contributed by atoms with Crippen molar-refractivity contribution in [1.82, 2.24) is 9.21 Å². The lowest BCUT2D eigenvalue weighted by atomic mass is 10.2. The van der Waals surface area contributed by atoms with Gasteiger partial charge in [-0.15, -0.1) is 0 Å². The quantitative estimate of drug-likeness (QED) is 0.743. The van der Waals surface area contributed by atoms with Crippen LogP contribution in [0.3, 0.4) is 0 Å². The molecule has 0 spiro atoms. The zero-order valence-electron chi connectivity index (χ0n) is 15.8. The Hall–Kier alpha value is -2.09. The zero-order valence-corrected chi connectivity index (χ0v) is 17.4. The van der Waals surface area contributed by atoms with Crippen molar-refractivity contribution < 1.29 is 17.9 Å². The Morgan fingerprint density at radius 3 is 2.36 bits per heavy atom. The minimum absolute atomic E-state index is 0.186. The predicted octanol–water partition coefficient (Wildman–Crippen LogP) is 2.95. The summed E-state index contributed by atoms with van der Waals surface area (Å²) in [6.45, 7) is 4.73. The van der Waals surface area contributed by atoms with Crippen molar-refractivity contribution in [2.75, 3.05) is 26.2 Å². The molecule has 1 aliphatic heterocycles. The summed E-state index contributed by atoms with van der Waals surface area (Å²) in [5.41, 5.74) is 0.985. The van der Waals surface area contributed by atoms with Crippen molar-refractivity contribution in [3.63, 3.8) is 0 Å². The van der Waals surface area contributed by atoms with Gasteiger partial charge in [-0.1, -0.05) is 35.9 Å². The number of hydrogen-bond donors (Lipinski definition) is 0. The summed E-state index contributed by atoms with van der Waals surface area (Å²) >= 11 is 6.14. The molecule has 0 radical (unpaired) electrons. The molecule has 1 fully saturated rings. The third-order valence-corrected chi connectivity index (χ3v) is 6.89. The molecule has 0 saturated carbocycles. The van der Waals surface area contributed by atoms with Crippen molar-refractivity contribution in [2.24, 2.45) is 0 Å². The van der Waals surface area contributed by atoms with Crippen LogP contribution in [-0.4, -0.2) is 55.8 Å². The highest BCUT2D eigenvalue weighted by Crippen LogP contribution is 2.26. The number of rotatable bonds is 5. The van der Waals surface area contributed by atoms with Gasteiger partial charge in [-0.2, -0.15) is 4.31 Å². The SMILES string of the molecule is Cc1ccc(Cl)c(OC(C)C(=O)N2CCN(S(=O)(=O)c3ccccc3)CC2)c1. The van der Waals surface area contributed by atoms with E-state index in [-0.39, 0.29) is 23.9 Å². The van der Waals surface area contributed by atoms with Crippen LogP contribution in [0.5, 0.6) is 5.75 Å². The summed E-state index contributed by atoms with van der Waals surface area (Å²) in [6.07, 6.45) is -0.711. The maximum atomic E-state index is 12.7. The Morgan fingerprint density at radius 2 is 1.71 bits per heavy atom. The van der Waals surface area contributed by atoms with Crippen LogP contribution in [0.15, 0.2) is 53.4 Å². The van der Waals surface area contributed by atoms with Crippen LogP contribution in [0.2, 0.25) is 5.02 Å². The van der Waals surface area contributed by atoms with E-state index in [0.29, 0.717) is 23.9 Å². The van der Waals surface area contributed by atoms with E-state index >= 15 is 0 Å². The van der Waals surface area contributed by atoms with Gasteiger partial charge in [0.05, 0.1) is 9.92 Å². The lowest BCUT2D eigenvalue weighted by molar-refractivity contribution is -0.139. The first kappa shape index (κ1) is 20.6. The summed E-state index contributed by atoms with van der Waals surface area (Å²) in [4.78, 5) is 14.6. The molecule has 1 heterocycles. The molecule has 6 nitrogen and oxygen atoms in total. The number of aryl methyl sites for hydroxylation is 1. The van der Waals surface area contributed by atoms with Gasteiger partial charge in [-0.3, -0.25) is 4.79 Å². The summed E-state index contributed by atoms with van der Waals surface area (Å²) in [5.74, 6) is 0.280. The fourth-order valence-electron chi connectivity index (χ4n) is 3.09. The largest absolute Gasteiger partial charge is 0.479 e. The van der Waals surface area contributed by atoms with Gasteiger partial charge >= 0.3 is 0 Å². The molecule has 1 atom stereocenters. The highest BCUT2D eigenvalue weighted by Gasteiger charge is 2.32. The number of carbonyl (C=O) groups is 1. The molecule has 0 aliphatic carbocycles. The Kier molecular flexibility index (Phi) is 6.27. The third kappa shape index (κ3) is 4.48. The standard InChI is InChI=1S/C20H23ClN2O4S/c1-15-8-9-18(21)19(14-15)27-16(2)20(24)22-10-12-23(13-11-22)28(25,26)17-6-4-3-5-7-17/h3-9,14,16H,10-13H2,1-2H3. The number of ether oxygens (including phenoxy) is 1. The molecule has 1 aliphatic rings.